The van der Waals surface area contributed by atoms with Crippen molar-refractivity contribution in [2.45, 2.75) is 58.6 Å². The molecule has 0 spiro atoms. The number of aliphatic hydroxyl groups is 1. The highest BCUT2D eigenvalue weighted by Gasteiger charge is 2.22. The summed E-state index contributed by atoms with van der Waals surface area (Å²) in [6.07, 6.45) is 2.66. The predicted octanol–water partition coefficient (Wildman–Crippen LogP) is 3.45. The molecule has 0 bridgehead atoms. The summed E-state index contributed by atoms with van der Waals surface area (Å²) in [4.78, 5) is 0. The third-order valence-electron chi connectivity index (χ3n) is 3.94. The van der Waals surface area contributed by atoms with Gasteiger partial charge in [0, 0.05) is 12.6 Å². The quantitative estimate of drug-likeness (QED) is 0.775. The maximum atomic E-state index is 10.2. The Morgan fingerprint density at radius 3 is 2.11 bits per heavy atom. The van der Waals surface area contributed by atoms with Gasteiger partial charge in [-0.05, 0) is 37.3 Å². The Labute approximate surface area is 111 Å². The summed E-state index contributed by atoms with van der Waals surface area (Å²) >= 11 is 0. The van der Waals surface area contributed by atoms with Crippen molar-refractivity contribution in [1.29, 1.82) is 0 Å². The molecule has 0 aliphatic heterocycles. The average Bonchev–Trinajstić information content (AvgIpc) is 2.44. The highest BCUT2D eigenvalue weighted by Crippen LogP contribution is 2.17. The van der Waals surface area contributed by atoms with Crippen molar-refractivity contribution < 1.29 is 5.11 Å². The Morgan fingerprint density at radius 1 is 1.11 bits per heavy atom. The normalized spacial score (nSPS) is 13.6. The van der Waals surface area contributed by atoms with Crippen LogP contribution in [0.5, 0.6) is 0 Å². The molecule has 1 aromatic rings. The van der Waals surface area contributed by atoms with Gasteiger partial charge >= 0.3 is 0 Å². The monoisotopic (exact) mass is 249 g/mol. The summed E-state index contributed by atoms with van der Waals surface area (Å²) in [5.41, 5.74) is 2.07. The smallest absolute Gasteiger partial charge is 0.0766 e. The van der Waals surface area contributed by atoms with Gasteiger partial charge in [0.15, 0.2) is 0 Å². The van der Waals surface area contributed by atoms with Crippen molar-refractivity contribution in [2.75, 3.05) is 6.54 Å². The standard InChI is InChI=1S/C16H27NO/c1-5-14-8-10-15(11-9-14)13(4)17-12-16(18,6-2)7-3/h8-11,13,17-18H,5-7,12H2,1-4H3. The number of nitrogens with one attached hydrogen (secondary N) is 1. The molecule has 18 heavy (non-hydrogen) atoms. The van der Waals surface area contributed by atoms with Crippen LogP contribution in [0.3, 0.4) is 0 Å². The van der Waals surface area contributed by atoms with Gasteiger partial charge < -0.3 is 10.4 Å². The molecule has 0 fully saturated rings. The van der Waals surface area contributed by atoms with Gasteiger partial charge in [0.2, 0.25) is 0 Å². The van der Waals surface area contributed by atoms with Crippen molar-refractivity contribution in [2.24, 2.45) is 0 Å². The number of hydrogen-bond acceptors (Lipinski definition) is 2. The van der Waals surface area contributed by atoms with Crippen LogP contribution in [0.4, 0.5) is 0 Å². The molecule has 0 amide bonds. The lowest BCUT2D eigenvalue weighted by Crippen LogP contribution is -2.40. The van der Waals surface area contributed by atoms with Gasteiger partial charge in [-0.15, -0.1) is 0 Å². The molecule has 1 atom stereocenters. The molecule has 1 unspecified atom stereocenters. The minimum absolute atomic E-state index is 0.278. The average molecular weight is 249 g/mol. The Balaban J connectivity index is 2.56. The molecule has 1 aromatic carbocycles. The highest BCUT2D eigenvalue weighted by atomic mass is 16.3. The summed E-state index contributed by atoms with van der Waals surface area (Å²) in [6.45, 7) is 9.03. The van der Waals surface area contributed by atoms with Crippen LogP contribution in [0.1, 0.15) is 57.7 Å². The number of hydrogen-bond donors (Lipinski definition) is 2. The largest absolute Gasteiger partial charge is 0.389 e. The molecular weight excluding hydrogens is 222 g/mol. The van der Waals surface area contributed by atoms with Gasteiger partial charge in [0.1, 0.15) is 0 Å². The van der Waals surface area contributed by atoms with Crippen LogP contribution < -0.4 is 5.32 Å². The minimum Gasteiger partial charge on any atom is -0.389 e. The lowest BCUT2D eigenvalue weighted by Gasteiger charge is -2.27. The molecular formula is C16H27NO. The molecule has 0 aliphatic carbocycles. The molecule has 0 aromatic heterocycles. The zero-order valence-corrected chi connectivity index (χ0v) is 12.2. The zero-order chi connectivity index (χ0) is 13.6. The number of benzene rings is 1. The first kappa shape index (κ1) is 15.2. The Bertz CT molecular complexity index is 341. The Hall–Kier alpha value is -0.860. The van der Waals surface area contributed by atoms with E-state index in [9.17, 15) is 5.11 Å². The molecule has 2 N–H and O–H groups in total. The molecule has 0 saturated heterocycles. The topological polar surface area (TPSA) is 32.3 Å². The van der Waals surface area contributed by atoms with Crippen LogP contribution in [0, 0.1) is 0 Å². The van der Waals surface area contributed by atoms with Crippen LogP contribution in [-0.4, -0.2) is 17.3 Å². The number of rotatable bonds is 7. The van der Waals surface area contributed by atoms with E-state index in [0.29, 0.717) is 6.54 Å². The van der Waals surface area contributed by atoms with Gasteiger partial charge in [-0.1, -0.05) is 45.0 Å². The van der Waals surface area contributed by atoms with Crippen LogP contribution >= 0.6 is 0 Å². The summed E-state index contributed by atoms with van der Waals surface area (Å²) in [5, 5.41) is 13.7. The van der Waals surface area contributed by atoms with Crippen molar-refractivity contribution >= 4 is 0 Å². The maximum Gasteiger partial charge on any atom is 0.0766 e. The van der Waals surface area contributed by atoms with Crippen molar-refractivity contribution in [3.05, 3.63) is 35.4 Å². The Kier molecular flexibility index (Phi) is 5.83. The van der Waals surface area contributed by atoms with Crippen molar-refractivity contribution in [3.63, 3.8) is 0 Å². The first-order valence-corrected chi connectivity index (χ1v) is 7.09. The summed E-state index contributed by atoms with van der Waals surface area (Å²) in [7, 11) is 0. The fraction of sp³-hybridized carbons (Fsp3) is 0.625. The van der Waals surface area contributed by atoms with E-state index in [2.05, 4.69) is 43.4 Å². The van der Waals surface area contributed by atoms with Gasteiger partial charge in [-0.2, -0.15) is 0 Å². The lowest BCUT2D eigenvalue weighted by molar-refractivity contribution is 0.0303. The molecule has 2 nitrogen and oxygen atoms in total. The van der Waals surface area contributed by atoms with Crippen LogP contribution in [0.15, 0.2) is 24.3 Å². The predicted molar refractivity (Wildman–Crippen MR) is 77.8 cm³/mol. The van der Waals surface area contributed by atoms with Gasteiger partial charge in [0.25, 0.3) is 0 Å². The van der Waals surface area contributed by atoms with Gasteiger partial charge in [-0.3, -0.25) is 0 Å². The molecule has 2 heteroatoms. The van der Waals surface area contributed by atoms with Gasteiger partial charge in [0.05, 0.1) is 5.60 Å². The van der Waals surface area contributed by atoms with E-state index in [4.69, 9.17) is 0 Å². The first-order valence-electron chi connectivity index (χ1n) is 7.09. The van der Waals surface area contributed by atoms with E-state index in [1.165, 1.54) is 11.1 Å². The van der Waals surface area contributed by atoms with Crippen LogP contribution in [0.25, 0.3) is 0 Å². The van der Waals surface area contributed by atoms with Crippen molar-refractivity contribution in [1.82, 2.24) is 5.32 Å². The second kappa shape index (κ2) is 6.91. The minimum atomic E-state index is -0.572. The van der Waals surface area contributed by atoms with E-state index in [1.54, 1.807) is 0 Å². The summed E-state index contributed by atoms with van der Waals surface area (Å²) in [5.74, 6) is 0. The Morgan fingerprint density at radius 2 is 1.67 bits per heavy atom. The summed E-state index contributed by atoms with van der Waals surface area (Å²) in [6, 6.07) is 8.99. The van der Waals surface area contributed by atoms with Gasteiger partial charge in [-0.25, -0.2) is 0 Å². The third kappa shape index (κ3) is 4.11. The van der Waals surface area contributed by atoms with E-state index in [1.807, 2.05) is 13.8 Å². The molecule has 102 valence electrons. The van der Waals surface area contributed by atoms with E-state index in [-0.39, 0.29) is 6.04 Å². The van der Waals surface area contributed by atoms with Crippen LogP contribution in [0.2, 0.25) is 0 Å². The molecule has 0 aliphatic rings. The molecule has 0 saturated carbocycles. The molecule has 1 rings (SSSR count). The summed E-state index contributed by atoms with van der Waals surface area (Å²) < 4.78 is 0. The van der Waals surface area contributed by atoms with Crippen molar-refractivity contribution in [3.8, 4) is 0 Å². The zero-order valence-electron chi connectivity index (χ0n) is 12.2. The molecule has 0 heterocycles. The van der Waals surface area contributed by atoms with E-state index < -0.39 is 5.60 Å². The number of aryl methyl sites for hydroxylation is 1. The third-order valence-corrected chi connectivity index (χ3v) is 3.94. The SMILES string of the molecule is CCc1ccc(C(C)NCC(O)(CC)CC)cc1. The van der Waals surface area contributed by atoms with E-state index >= 15 is 0 Å². The van der Waals surface area contributed by atoms with Crippen LogP contribution in [-0.2, 0) is 6.42 Å². The fourth-order valence-electron chi connectivity index (χ4n) is 2.00. The second-order valence-electron chi connectivity index (χ2n) is 5.13. The maximum absolute atomic E-state index is 10.2. The van der Waals surface area contributed by atoms with E-state index in [0.717, 1.165) is 19.3 Å². The highest BCUT2D eigenvalue weighted by molar-refractivity contribution is 5.24. The lowest BCUT2D eigenvalue weighted by atomic mass is 9.96. The first-order chi connectivity index (χ1) is 8.54. The molecule has 0 radical (unpaired) electrons. The second-order valence-corrected chi connectivity index (χ2v) is 5.13. The fourth-order valence-corrected chi connectivity index (χ4v) is 2.00.